The van der Waals surface area contributed by atoms with E-state index < -0.39 is 0 Å². The average molecular weight is 341 g/mol. The average Bonchev–Trinajstić information content (AvgIpc) is 2.69. The molecular formula is C13H17BrN4O2. The van der Waals surface area contributed by atoms with E-state index in [-0.39, 0.29) is 17.7 Å². The summed E-state index contributed by atoms with van der Waals surface area (Å²) in [5, 5.41) is 6.98. The van der Waals surface area contributed by atoms with E-state index in [0.717, 1.165) is 22.3 Å². The van der Waals surface area contributed by atoms with E-state index in [1.165, 1.54) is 4.68 Å². The monoisotopic (exact) mass is 340 g/mol. The van der Waals surface area contributed by atoms with Gasteiger partial charge in [0.15, 0.2) is 0 Å². The number of nitrogens with zero attached hydrogens (tertiary/aromatic N) is 3. The topological polar surface area (TPSA) is 72.7 Å². The summed E-state index contributed by atoms with van der Waals surface area (Å²) in [6.45, 7) is 5.61. The van der Waals surface area contributed by atoms with Crippen LogP contribution in [0.5, 0.6) is 0 Å². The number of H-pyrrole nitrogens is 1. The Labute approximate surface area is 124 Å². The minimum Gasteiger partial charge on any atom is -0.269 e. The molecule has 0 unspecified atom stereocenters. The fraction of sp³-hybridized carbons (Fsp3) is 0.462. The fourth-order valence-electron chi connectivity index (χ4n) is 2.04. The van der Waals surface area contributed by atoms with Crippen molar-refractivity contribution in [2.24, 2.45) is 7.05 Å². The molecule has 2 heterocycles. The molecule has 0 aromatic carbocycles. The Kier molecular flexibility index (Phi) is 3.99. The van der Waals surface area contributed by atoms with Gasteiger partial charge >= 0.3 is 0 Å². The lowest BCUT2D eigenvalue weighted by Crippen LogP contribution is -2.34. The highest BCUT2D eigenvalue weighted by Crippen LogP contribution is 2.21. The normalized spacial score (nSPS) is 11.1. The Morgan fingerprint density at radius 1 is 1.25 bits per heavy atom. The van der Waals surface area contributed by atoms with Crippen molar-refractivity contribution in [2.45, 2.75) is 33.7 Å². The smallest absolute Gasteiger partial charge is 0.268 e. The second kappa shape index (κ2) is 5.40. The predicted octanol–water partition coefficient (Wildman–Crippen LogP) is 1.26. The third-order valence-electron chi connectivity index (χ3n) is 3.52. The zero-order valence-electron chi connectivity index (χ0n) is 12.0. The molecule has 0 bridgehead atoms. The van der Waals surface area contributed by atoms with Crippen LogP contribution < -0.4 is 11.1 Å². The summed E-state index contributed by atoms with van der Waals surface area (Å²) in [7, 11) is 1.82. The lowest BCUT2D eigenvalue weighted by atomic mass is 10.2. The summed E-state index contributed by atoms with van der Waals surface area (Å²) in [6.07, 6.45) is 0.798. The maximum Gasteiger partial charge on any atom is 0.268 e. The molecule has 0 aliphatic rings. The van der Waals surface area contributed by atoms with Crippen molar-refractivity contribution >= 4 is 15.9 Å². The number of aromatic amines is 1. The van der Waals surface area contributed by atoms with Gasteiger partial charge in [-0.2, -0.15) is 5.10 Å². The van der Waals surface area contributed by atoms with Gasteiger partial charge in [-0.05, 0) is 36.2 Å². The first-order chi connectivity index (χ1) is 9.36. The zero-order chi connectivity index (χ0) is 15.0. The molecule has 0 saturated heterocycles. The number of hydrogen-bond donors (Lipinski definition) is 1. The molecular weight excluding hydrogens is 324 g/mol. The first-order valence-corrected chi connectivity index (χ1v) is 7.16. The summed E-state index contributed by atoms with van der Waals surface area (Å²) >= 11 is 3.51. The Balaban J connectivity index is 2.54. The molecule has 0 atom stereocenters. The van der Waals surface area contributed by atoms with Gasteiger partial charge in [0.05, 0.1) is 22.4 Å². The van der Waals surface area contributed by atoms with Gasteiger partial charge < -0.3 is 0 Å². The first kappa shape index (κ1) is 14.8. The Bertz CT molecular complexity index is 770. The molecule has 0 aliphatic carbocycles. The van der Waals surface area contributed by atoms with Crippen molar-refractivity contribution in [3.63, 3.8) is 0 Å². The molecule has 0 amide bonds. The van der Waals surface area contributed by atoms with Gasteiger partial charge in [0.25, 0.3) is 11.1 Å². The molecule has 6 nitrogen and oxygen atoms in total. The number of rotatable bonds is 3. The van der Waals surface area contributed by atoms with Gasteiger partial charge in [-0.15, -0.1) is 0 Å². The number of halogens is 1. The lowest BCUT2D eigenvalue weighted by molar-refractivity contribution is 0.576. The molecule has 0 fully saturated rings. The lowest BCUT2D eigenvalue weighted by Gasteiger charge is -2.09. The van der Waals surface area contributed by atoms with Crippen molar-refractivity contribution < 1.29 is 0 Å². The third kappa shape index (κ3) is 2.37. The van der Waals surface area contributed by atoms with Crippen molar-refractivity contribution in [1.82, 2.24) is 19.6 Å². The predicted molar refractivity (Wildman–Crippen MR) is 80.2 cm³/mol. The number of nitrogens with one attached hydrogen (secondary N) is 1. The zero-order valence-corrected chi connectivity index (χ0v) is 13.5. The standard InChI is InChI=1S/C13H17BrN4O2/c1-5-9-11(14)10(17(4)15-9)6-18-13(20)8(3)7(2)12(19)16-18/h5-6H2,1-4H3,(H,16,19). The third-order valence-corrected chi connectivity index (χ3v) is 4.43. The largest absolute Gasteiger partial charge is 0.269 e. The van der Waals surface area contributed by atoms with E-state index in [9.17, 15) is 9.59 Å². The van der Waals surface area contributed by atoms with E-state index in [1.807, 2.05) is 14.0 Å². The van der Waals surface area contributed by atoms with Crippen LogP contribution in [-0.2, 0) is 20.0 Å². The molecule has 0 spiro atoms. The molecule has 2 aromatic heterocycles. The number of hydrogen-bond acceptors (Lipinski definition) is 3. The Hall–Kier alpha value is -1.63. The molecule has 0 aliphatic heterocycles. The summed E-state index contributed by atoms with van der Waals surface area (Å²) in [5.41, 5.74) is 2.29. The van der Waals surface area contributed by atoms with Crippen molar-refractivity contribution in [2.75, 3.05) is 0 Å². The van der Waals surface area contributed by atoms with E-state index in [0.29, 0.717) is 11.1 Å². The van der Waals surface area contributed by atoms with Crippen LogP contribution in [0.2, 0.25) is 0 Å². The SMILES string of the molecule is CCc1nn(C)c(Cn2[nH]c(=O)c(C)c(C)c2=O)c1Br. The first-order valence-electron chi connectivity index (χ1n) is 6.37. The number of aromatic nitrogens is 4. The van der Waals surface area contributed by atoms with Gasteiger partial charge in [-0.25, -0.2) is 4.68 Å². The van der Waals surface area contributed by atoms with Crippen LogP contribution in [0.4, 0.5) is 0 Å². The summed E-state index contributed by atoms with van der Waals surface area (Å²) in [5.74, 6) is 0. The van der Waals surface area contributed by atoms with Gasteiger partial charge in [0, 0.05) is 18.2 Å². The number of aryl methyl sites for hydroxylation is 2. The van der Waals surface area contributed by atoms with Crippen LogP contribution in [0.3, 0.4) is 0 Å². The second-order valence-electron chi connectivity index (χ2n) is 4.77. The minimum absolute atomic E-state index is 0.187. The molecule has 1 N–H and O–H groups in total. The summed E-state index contributed by atoms with van der Waals surface area (Å²) in [4.78, 5) is 24.0. The molecule has 0 radical (unpaired) electrons. The highest BCUT2D eigenvalue weighted by molar-refractivity contribution is 9.10. The maximum absolute atomic E-state index is 12.2. The van der Waals surface area contributed by atoms with Gasteiger partial charge in [0.2, 0.25) is 0 Å². The molecule has 108 valence electrons. The molecule has 20 heavy (non-hydrogen) atoms. The van der Waals surface area contributed by atoms with Crippen molar-refractivity contribution in [3.8, 4) is 0 Å². The Morgan fingerprint density at radius 3 is 2.45 bits per heavy atom. The minimum atomic E-state index is -0.240. The highest BCUT2D eigenvalue weighted by Gasteiger charge is 2.15. The van der Waals surface area contributed by atoms with Crippen LogP contribution in [0.1, 0.15) is 29.4 Å². The van der Waals surface area contributed by atoms with Gasteiger partial charge in [0.1, 0.15) is 0 Å². The van der Waals surface area contributed by atoms with Gasteiger partial charge in [-0.1, -0.05) is 6.92 Å². The van der Waals surface area contributed by atoms with E-state index in [2.05, 4.69) is 26.1 Å². The van der Waals surface area contributed by atoms with Crippen LogP contribution in [0, 0.1) is 13.8 Å². The molecule has 2 aromatic rings. The van der Waals surface area contributed by atoms with Crippen LogP contribution in [0.25, 0.3) is 0 Å². The molecule has 7 heteroatoms. The quantitative estimate of drug-likeness (QED) is 0.914. The van der Waals surface area contributed by atoms with Crippen molar-refractivity contribution in [3.05, 3.63) is 47.7 Å². The summed E-state index contributed by atoms with van der Waals surface area (Å²) < 4.78 is 3.93. The summed E-state index contributed by atoms with van der Waals surface area (Å²) in [6, 6.07) is 0. The van der Waals surface area contributed by atoms with Gasteiger partial charge in [-0.3, -0.25) is 19.4 Å². The van der Waals surface area contributed by atoms with Crippen LogP contribution >= 0.6 is 15.9 Å². The van der Waals surface area contributed by atoms with E-state index >= 15 is 0 Å². The Morgan fingerprint density at radius 2 is 1.90 bits per heavy atom. The van der Waals surface area contributed by atoms with E-state index in [4.69, 9.17) is 0 Å². The molecule has 2 rings (SSSR count). The fourth-order valence-corrected chi connectivity index (χ4v) is 2.78. The van der Waals surface area contributed by atoms with Crippen LogP contribution in [-0.4, -0.2) is 19.6 Å². The second-order valence-corrected chi connectivity index (χ2v) is 5.56. The maximum atomic E-state index is 12.2. The molecule has 0 saturated carbocycles. The van der Waals surface area contributed by atoms with E-state index in [1.54, 1.807) is 18.5 Å². The van der Waals surface area contributed by atoms with Crippen LogP contribution in [0.15, 0.2) is 14.1 Å². The van der Waals surface area contributed by atoms with Crippen molar-refractivity contribution in [1.29, 1.82) is 0 Å². The highest BCUT2D eigenvalue weighted by atomic mass is 79.9.